The lowest BCUT2D eigenvalue weighted by molar-refractivity contribution is -0.119. The highest BCUT2D eigenvalue weighted by Gasteiger charge is 2.05. The first-order valence-corrected chi connectivity index (χ1v) is 8.58. The van der Waals surface area contributed by atoms with E-state index in [9.17, 15) is 9.59 Å². The monoisotopic (exact) mass is 328 g/mol. The normalized spacial score (nSPS) is 10.1. The van der Waals surface area contributed by atoms with Crippen LogP contribution in [0.3, 0.4) is 0 Å². The fourth-order valence-electron chi connectivity index (χ4n) is 1.93. The molecule has 0 unspecified atom stereocenters. The quantitative estimate of drug-likeness (QED) is 0.782. The van der Waals surface area contributed by atoms with E-state index < -0.39 is 0 Å². The molecular formula is C18H20N2O2S. The second-order valence-electron chi connectivity index (χ2n) is 5.02. The van der Waals surface area contributed by atoms with Gasteiger partial charge in [0.15, 0.2) is 0 Å². The number of carbonyl (C=O) groups is 2. The smallest absolute Gasteiger partial charge is 0.230 e. The van der Waals surface area contributed by atoms with Crippen LogP contribution in [0.1, 0.15) is 11.1 Å². The van der Waals surface area contributed by atoms with Crippen molar-refractivity contribution in [2.45, 2.75) is 13.1 Å². The number of hydrogen-bond donors (Lipinski definition) is 2. The van der Waals surface area contributed by atoms with Crippen LogP contribution in [0.5, 0.6) is 0 Å². The molecule has 0 saturated heterocycles. The molecule has 0 bridgehead atoms. The fraction of sp³-hybridized carbons (Fsp3) is 0.222. The van der Waals surface area contributed by atoms with Crippen LogP contribution in [0.4, 0.5) is 0 Å². The molecule has 4 nitrogen and oxygen atoms in total. The topological polar surface area (TPSA) is 58.2 Å². The number of amides is 2. The minimum atomic E-state index is -0.0605. The highest BCUT2D eigenvalue weighted by Crippen LogP contribution is 2.02. The molecule has 2 amide bonds. The number of benzene rings is 2. The summed E-state index contributed by atoms with van der Waals surface area (Å²) >= 11 is 1.32. The summed E-state index contributed by atoms with van der Waals surface area (Å²) in [4.78, 5) is 23.4. The Morgan fingerprint density at radius 1 is 0.696 bits per heavy atom. The van der Waals surface area contributed by atoms with Gasteiger partial charge in [0.25, 0.3) is 0 Å². The molecule has 120 valence electrons. The van der Waals surface area contributed by atoms with Crippen molar-refractivity contribution in [2.75, 3.05) is 11.5 Å². The van der Waals surface area contributed by atoms with Crippen molar-refractivity contribution in [3.63, 3.8) is 0 Å². The van der Waals surface area contributed by atoms with Crippen molar-refractivity contribution in [2.24, 2.45) is 0 Å². The summed E-state index contributed by atoms with van der Waals surface area (Å²) in [5.74, 6) is 0.446. The van der Waals surface area contributed by atoms with Gasteiger partial charge < -0.3 is 10.6 Å². The zero-order valence-corrected chi connectivity index (χ0v) is 13.6. The van der Waals surface area contributed by atoms with Crippen LogP contribution in [0.15, 0.2) is 60.7 Å². The predicted molar refractivity (Wildman–Crippen MR) is 93.9 cm³/mol. The van der Waals surface area contributed by atoms with Gasteiger partial charge in [-0.25, -0.2) is 0 Å². The summed E-state index contributed by atoms with van der Waals surface area (Å²) in [6.07, 6.45) is 0. The van der Waals surface area contributed by atoms with Crippen molar-refractivity contribution in [1.82, 2.24) is 10.6 Å². The Hall–Kier alpha value is -2.27. The van der Waals surface area contributed by atoms with Gasteiger partial charge in [-0.15, -0.1) is 11.8 Å². The van der Waals surface area contributed by atoms with Gasteiger partial charge in [-0.3, -0.25) is 9.59 Å². The number of thioether (sulfide) groups is 1. The molecule has 2 aromatic carbocycles. The Bertz CT molecular complexity index is 562. The van der Waals surface area contributed by atoms with Gasteiger partial charge in [0, 0.05) is 13.1 Å². The molecule has 2 N–H and O–H groups in total. The van der Waals surface area contributed by atoms with E-state index >= 15 is 0 Å². The van der Waals surface area contributed by atoms with Gasteiger partial charge in [0.05, 0.1) is 11.5 Å². The van der Waals surface area contributed by atoms with E-state index in [0.29, 0.717) is 13.1 Å². The van der Waals surface area contributed by atoms with Crippen LogP contribution in [-0.2, 0) is 22.7 Å². The van der Waals surface area contributed by atoms with Crippen molar-refractivity contribution < 1.29 is 9.59 Å². The summed E-state index contributed by atoms with van der Waals surface area (Å²) in [6, 6.07) is 19.5. The minimum Gasteiger partial charge on any atom is -0.351 e. The maximum absolute atomic E-state index is 11.7. The van der Waals surface area contributed by atoms with Crippen molar-refractivity contribution >= 4 is 23.6 Å². The molecule has 5 heteroatoms. The third-order valence-electron chi connectivity index (χ3n) is 3.13. The van der Waals surface area contributed by atoms with Crippen molar-refractivity contribution in [3.8, 4) is 0 Å². The van der Waals surface area contributed by atoms with Gasteiger partial charge in [-0.05, 0) is 11.1 Å². The van der Waals surface area contributed by atoms with Crippen molar-refractivity contribution in [3.05, 3.63) is 71.8 Å². The van der Waals surface area contributed by atoms with E-state index in [2.05, 4.69) is 10.6 Å². The second kappa shape index (κ2) is 9.69. The average Bonchev–Trinajstić information content (AvgIpc) is 2.60. The Balaban J connectivity index is 1.57. The van der Waals surface area contributed by atoms with Crippen LogP contribution in [0, 0.1) is 0 Å². The van der Waals surface area contributed by atoms with Crippen LogP contribution in [-0.4, -0.2) is 23.3 Å². The zero-order chi connectivity index (χ0) is 16.3. The Morgan fingerprint density at radius 2 is 1.09 bits per heavy atom. The van der Waals surface area contributed by atoms with Gasteiger partial charge in [0.1, 0.15) is 0 Å². The number of nitrogens with one attached hydrogen (secondary N) is 2. The number of hydrogen-bond acceptors (Lipinski definition) is 3. The maximum atomic E-state index is 11.7. The zero-order valence-electron chi connectivity index (χ0n) is 12.8. The van der Waals surface area contributed by atoms with E-state index in [-0.39, 0.29) is 23.3 Å². The van der Waals surface area contributed by atoms with E-state index in [1.807, 2.05) is 60.7 Å². The van der Waals surface area contributed by atoms with Gasteiger partial charge >= 0.3 is 0 Å². The largest absolute Gasteiger partial charge is 0.351 e. The number of carbonyl (C=O) groups excluding carboxylic acids is 2. The Labute approximate surface area is 140 Å². The molecule has 2 aromatic rings. The summed E-state index contributed by atoms with van der Waals surface area (Å²) in [5.41, 5.74) is 2.12. The highest BCUT2D eigenvalue weighted by atomic mass is 32.2. The van der Waals surface area contributed by atoms with Gasteiger partial charge in [-0.2, -0.15) is 0 Å². The summed E-state index contributed by atoms with van der Waals surface area (Å²) in [5, 5.41) is 5.68. The van der Waals surface area contributed by atoms with E-state index in [1.54, 1.807) is 0 Å². The lowest BCUT2D eigenvalue weighted by Gasteiger charge is -2.06. The maximum Gasteiger partial charge on any atom is 0.230 e. The molecule has 0 heterocycles. The lowest BCUT2D eigenvalue weighted by atomic mass is 10.2. The van der Waals surface area contributed by atoms with E-state index in [0.717, 1.165) is 11.1 Å². The average molecular weight is 328 g/mol. The van der Waals surface area contributed by atoms with Crippen LogP contribution < -0.4 is 10.6 Å². The standard InChI is InChI=1S/C18H20N2O2S/c21-17(19-11-15-7-3-1-4-8-15)13-23-14-18(22)20-12-16-9-5-2-6-10-16/h1-10H,11-14H2,(H,19,21)(H,20,22). The first kappa shape index (κ1) is 17.1. The Morgan fingerprint density at radius 3 is 1.48 bits per heavy atom. The molecule has 0 aromatic heterocycles. The molecule has 0 radical (unpaired) electrons. The highest BCUT2D eigenvalue weighted by molar-refractivity contribution is 8.00. The summed E-state index contributed by atoms with van der Waals surface area (Å²) in [7, 11) is 0. The molecule has 0 aliphatic rings. The molecular weight excluding hydrogens is 308 g/mol. The molecule has 0 fully saturated rings. The molecule has 0 saturated carbocycles. The first-order chi connectivity index (χ1) is 11.2. The molecule has 23 heavy (non-hydrogen) atoms. The third kappa shape index (κ3) is 7.02. The fourth-order valence-corrected chi connectivity index (χ4v) is 2.61. The molecule has 2 rings (SSSR count). The predicted octanol–water partition coefficient (Wildman–Crippen LogP) is 2.35. The van der Waals surface area contributed by atoms with Crippen LogP contribution in [0.2, 0.25) is 0 Å². The summed E-state index contributed by atoms with van der Waals surface area (Å²) < 4.78 is 0. The first-order valence-electron chi connectivity index (χ1n) is 7.43. The molecule has 0 atom stereocenters. The Kier molecular flexibility index (Phi) is 7.20. The van der Waals surface area contributed by atoms with E-state index in [1.165, 1.54) is 11.8 Å². The van der Waals surface area contributed by atoms with Crippen molar-refractivity contribution in [1.29, 1.82) is 0 Å². The van der Waals surface area contributed by atoms with Crippen LogP contribution in [0.25, 0.3) is 0 Å². The second-order valence-corrected chi connectivity index (χ2v) is 6.00. The molecule has 0 spiro atoms. The lowest BCUT2D eigenvalue weighted by Crippen LogP contribution is -2.27. The van der Waals surface area contributed by atoms with Gasteiger partial charge in [0.2, 0.25) is 11.8 Å². The molecule has 0 aliphatic carbocycles. The van der Waals surface area contributed by atoms with E-state index in [4.69, 9.17) is 0 Å². The van der Waals surface area contributed by atoms with Gasteiger partial charge in [-0.1, -0.05) is 60.7 Å². The summed E-state index contributed by atoms with van der Waals surface area (Å²) in [6.45, 7) is 1.03. The molecule has 0 aliphatic heterocycles. The minimum absolute atomic E-state index is 0.0605. The van der Waals surface area contributed by atoms with Crippen LogP contribution >= 0.6 is 11.8 Å². The number of rotatable bonds is 8. The SMILES string of the molecule is O=C(CSCC(=O)NCc1ccccc1)NCc1ccccc1. The third-order valence-corrected chi connectivity index (χ3v) is 4.06.